The van der Waals surface area contributed by atoms with Gasteiger partial charge in [-0.2, -0.15) is 0 Å². The number of rotatable bonds is 1. The highest BCUT2D eigenvalue weighted by Crippen LogP contribution is 2.28. The monoisotopic (exact) mass is 317 g/mol. The molecule has 0 aliphatic carbocycles. The molecule has 3 heterocycles. The normalized spacial score (nSPS) is 17.1. The van der Waals surface area contributed by atoms with E-state index in [1.807, 2.05) is 31.4 Å². The Balaban J connectivity index is 1.61. The molecule has 0 aromatic carbocycles. The molecule has 116 valence electrons. The van der Waals surface area contributed by atoms with Crippen LogP contribution in [0.25, 0.3) is 4.96 Å². The molecular weight excluding hydrogens is 297 g/mol. The van der Waals surface area contributed by atoms with Crippen LogP contribution in [0, 0.1) is 0 Å². The van der Waals surface area contributed by atoms with Crippen LogP contribution in [0.15, 0.2) is 12.4 Å². The van der Waals surface area contributed by atoms with E-state index in [2.05, 4.69) is 11.2 Å². The summed E-state index contributed by atoms with van der Waals surface area (Å²) >= 11 is 1.49. The van der Waals surface area contributed by atoms with Crippen LogP contribution in [-0.4, -0.2) is 46.9 Å². The molecule has 5 nitrogen and oxygen atoms in total. The number of imidazole rings is 1. The third-order valence-corrected chi connectivity index (χ3v) is 4.58. The van der Waals surface area contributed by atoms with Crippen molar-refractivity contribution in [1.82, 2.24) is 14.3 Å². The maximum absolute atomic E-state index is 12.1. The van der Waals surface area contributed by atoms with E-state index in [1.54, 1.807) is 4.90 Å². The van der Waals surface area contributed by atoms with E-state index < -0.39 is 5.60 Å². The van der Waals surface area contributed by atoms with Crippen LogP contribution < -0.4 is 4.78 Å². The molecule has 0 saturated carbocycles. The Labute approximate surface area is 135 Å². The van der Waals surface area contributed by atoms with Crippen molar-refractivity contribution in [3.8, 4) is 0 Å². The average molecular weight is 317 g/mol. The third-order valence-electron chi connectivity index (χ3n) is 3.76. The molecule has 0 atom stereocenters. The third kappa shape index (κ3) is 3.29. The smallest absolute Gasteiger partial charge is 0.410 e. The lowest BCUT2D eigenvalue weighted by atomic mass is 9.94. The molecule has 1 amide bonds. The van der Waals surface area contributed by atoms with Crippen molar-refractivity contribution >= 4 is 35.0 Å². The summed E-state index contributed by atoms with van der Waals surface area (Å²) in [6, 6.07) is 0. The predicted octanol–water partition coefficient (Wildman–Crippen LogP) is 2.30. The van der Waals surface area contributed by atoms with Gasteiger partial charge in [-0.3, -0.25) is 4.40 Å². The van der Waals surface area contributed by atoms with Crippen molar-refractivity contribution in [2.75, 3.05) is 13.1 Å². The van der Waals surface area contributed by atoms with Crippen molar-refractivity contribution in [3.63, 3.8) is 0 Å². The lowest BCUT2D eigenvalue weighted by molar-refractivity contribution is 0.0204. The van der Waals surface area contributed by atoms with Crippen molar-refractivity contribution < 1.29 is 9.53 Å². The molecule has 0 unspecified atom stereocenters. The second kappa shape index (κ2) is 5.61. The Bertz CT molecular complexity index is 649. The van der Waals surface area contributed by atoms with Gasteiger partial charge in [0.2, 0.25) is 0 Å². The number of fused-ring (bicyclic) bond motifs is 1. The Morgan fingerprint density at radius 3 is 2.64 bits per heavy atom. The quantitative estimate of drug-likeness (QED) is 0.758. The topological polar surface area (TPSA) is 46.8 Å². The SMILES string of the molecule is [B]c1cn2cc(C3CCN(C(=O)OC(C)(C)C)CC3)nc2s1. The minimum Gasteiger partial charge on any atom is -0.444 e. The Morgan fingerprint density at radius 2 is 2.05 bits per heavy atom. The number of aromatic nitrogens is 2. The van der Waals surface area contributed by atoms with E-state index >= 15 is 0 Å². The largest absolute Gasteiger partial charge is 0.444 e. The molecule has 1 fully saturated rings. The molecule has 0 bridgehead atoms. The Morgan fingerprint density at radius 1 is 1.36 bits per heavy atom. The van der Waals surface area contributed by atoms with Crippen LogP contribution in [0.4, 0.5) is 4.79 Å². The van der Waals surface area contributed by atoms with E-state index in [9.17, 15) is 4.79 Å². The molecule has 2 radical (unpaired) electrons. The highest BCUT2D eigenvalue weighted by atomic mass is 32.1. The van der Waals surface area contributed by atoms with Crippen molar-refractivity contribution in [1.29, 1.82) is 0 Å². The molecule has 1 aliphatic heterocycles. The molecule has 1 saturated heterocycles. The lowest BCUT2D eigenvalue weighted by Gasteiger charge is -2.32. The summed E-state index contributed by atoms with van der Waals surface area (Å²) in [4.78, 5) is 19.4. The number of likely N-dealkylation sites (tertiary alicyclic amines) is 1. The molecule has 2 aromatic heterocycles. The molecule has 1 aliphatic rings. The number of nitrogens with zero attached hydrogens (tertiary/aromatic N) is 3. The van der Waals surface area contributed by atoms with Gasteiger partial charge in [-0.1, -0.05) is 0 Å². The van der Waals surface area contributed by atoms with Gasteiger partial charge in [-0.15, -0.1) is 11.3 Å². The summed E-state index contributed by atoms with van der Waals surface area (Å²) in [5.74, 6) is 0.395. The number of hydrogen-bond donors (Lipinski definition) is 0. The number of carbonyl (C=O) groups is 1. The Hall–Kier alpha value is -1.50. The minimum absolute atomic E-state index is 0.218. The summed E-state index contributed by atoms with van der Waals surface area (Å²) in [6.07, 6.45) is 5.56. The van der Waals surface area contributed by atoms with Crippen LogP contribution in [0.2, 0.25) is 0 Å². The van der Waals surface area contributed by atoms with Crippen molar-refractivity contribution in [2.45, 2.75) is 45.1 Å². The first-order chi connectivity index (χ1) is 10.3. The second-order valence-electron chi connectivity index (χ2n) is 6.73. The predicted molar refractivity (Wildman–Crippen MR) is 88.2 cm³/mol. The number of carbonyl (C=O) groups excluding carboxylic acids is 1. The summed E-state index contributed by atoms with van der Waals surface area (Å²) in [6.45, 7) is 7.10. The van der Waals surface area contributed by atoms with E-state index in [0.717, 1.165) is 28.3 Å². The first kappa shape index (κ1) is 15.4. The lowest BCUT2D eigenvalue weighted by Crippen LogP contribution is -2.41. The number of ether oxygens (including phenoxy) is 1. The fourth-order valence-corrected chi connectivity index (χ4v) is 3.45. The number of thiazole rings is 1. The van der Waals surface area contributed by atoms with Gasteiger partial charge in [0.05, 0.1) is 5.69 Å². The zero-order chi connectivity index (χ0) is 15.9. The van der Waals surface area contributed by atoms with Gasteiger partial charge in [0, 0.05) is 31.4 Å². The molecule has 0 spiro atoms. The van der Waals surface area contributed by atoms with Gasteiger partial charge in [0.25, 0.3) is 0 Å². The van der Waals surface area contributed by atoms with Gasteiger partial charge < -0.3 is 9.64 Å². The number of hydrogen-bond acceptors (Lipinski definition) is 4. The van der Waals surface area contributed by atoms with E-state index in [0.29, 0.717) is 19.0 Å². The highest BCUT2D eigenvalue weighted by Gasteiger charge is 2.28. The fraction of sp³-hybridized carbons (Fsp3) is 0.600. The van der Waals surface area contributed by atoms with Gasteiger partial charge in [0.1, 0.15) is 13.4 Å². The van der Waals surface area contributed by atoms with Gasteiger partial charge in [-0.25, -0.2) is 9.78 Å². The van der Waals surface area contributed by atoms with E-state index in [4.69, 9.17) is 12.6 Å². The van der Waals surface area contributed by atoms with Crippen molar-refractivity contribution in [2.24, 2.45) is 0 Å². The first-order valence-electron chi connectivity index (χ1n) is 7.54. The highest BCUT2D eigenvalue weighted by molar-refractivity contribution is 7.24. The minimum atomic E-state index is -0.442. The number of piperidine rings is 1. The standard InChI is InChI=1S/C15H20BN3O2S/c1-15(2,3)21-14(20)18-6-4-10(5-7-18)11-8-19-9-12(16)22-13(19)17-11/h8-10H,4-7H2,1-3H3. The van der Waals surface area contributed by atoms with Crippen LogP contribution >= 0.6 is 11.3 Å². The average Bonchev–Trinajstić information content (AvgIpc) is 2.94. The summed E-state index contributed by atoms with van der Waals surface area (Å²) < 4.78 is 8.18. The van der Waals surface area contributed by atoms with Crippen molar-refractivity contribution in [3.05, 3.63) is 18.1 Å². The molecule has 22 heavy (non-hydrogen) atoms. The summed E-state index contributed by atoms with van der Waals surface area (Å²) in [5.41, 5.74) is 0.650. The molecule has 7 heteroatoms. The molecule has 3 rings (SSSR count). The van der Waals surface area contributed by atoms with E-state index in [-0.39, 0.29) is 6.09 Å². The molecule has 0 N–H and O–H groups in total. The van der Waals surface area contributed by atoms with Crippen LogP contribution in [-0.2, 0) is 4.74 Å². The zero-order valence-corrected chi connectivity index (χ0v) is 14.0. The summed E-state index contributed by atoms with van der Waals surface area (Å²) in [7, 11) is 5.77. The maximum Gasteiger partial charge on any atom is 0.410 e. The first-order valence-corrected chi connectivity index (χ1v) is 8.35. The number of amides is 1. The van der Waals surface area contributed by atoms with Crippen LogP contribution in [0.3, 0.4) is 0 Å². The second-order valence-corrected chi connectivity index (χ2v) is 7.77. The van der Waals surface area contributed by atoms with Crippen LogP contribution in [0.5, 0.6) is 0 Å². The summed E-state index contributed by atoms with van der Waals surface area (Å²) in [5, 5.41) is 0. The van der Waals surface area contributed by atoms with Crippen LogP contribution in [0.1, 0.15) is 45.2 Å². The maximum atomic E-state index is 12.1. The Kier molecular flexibility index (Phi) is 3.93. The fourth-order valence-electron chi connectivity index (χ4n) is 2.71. The van der Waals surface area contributed by atoms with Gasteiger partial charge >= 0.3 is 6.09 Å². The molecule has 2 aromatic rings. The molecular formula is C15H20BN3O2S. The zero-order valence-electron chi connectivity index (χ0n) is 13.2. The van der Waals surface area contributed by atoms with E-state index in [1.165, 1.54) is 11.3 Å². The van der Waals surface area contributed by atoms with Gasteiger partial charge in [0.15, 0.2) is 4.96 Å². The van der Waals surface area contributed by atoms with Gasteiger partial charge in [-0.05, 0) is 38.4 Å².